The molecule has 0 aliphatic carbocycles. The summed E-state index contributed by atoms with van der Waals surface area (Å²) in [6.45, 7) is 4.76. The standard InChI is InChI=1S/C15H17N5O/c1-3-13-6-7-14(21-13)9-16-12-5-4-11(2)15(8-12)20-10-17-18-19-20/h4-8,10,16H,3,9H2,1-2H3. The fraction of sp³-hybridized carbons (Fsp3) is 0.267. The molecular weight excluding hydrogens is 266 g/mol. The molecule has 0 saturated heterocycles. The van der Waals surface area contributed by atoms with Crippen LogP contribution in [-0.4, -0.2) is 20.2 Å². The molecule has 1 aromatic carbocycles. The Morgan fingerprint density at radius 2 is 2.05 bits per heavy atom. The monoisotopic (exact) mass is 283 g/mol. The highest BCUT2D eigenvalue weighted by atomic mass is 16.3. The van der Waals surface area contributed by atoms with E-state index in [1.54, 1.807) is 11.0 Å². The molecule has 0 atom stereocenters. The van der Waals surface area contributed by atoms with E-state index < -0.39 is 0 Å². The molecule has 3 aromatic rings. The quantitative estimate of drug-likeness (QED) is 0.779. The number of aryl methyl sites for hydroxylation is 2. The van der Waals surface area contributed by atoms with E-state index in [-0.39, 0.29) is 0 Å². The van der Waals surface area contributed by atoms with Gasteiger partial charge in [-0.05, 0) is 47.2 Å². The van der Waals surface area contributed by atoms with Gasteiger partial charge in [0, 0.05) is 12.1 Å². The van der Waals surface area contributed by atoms with Crippen LogP contribution in [-0.2, 0) is 13.0 Å². The van der Waals surface area contributed by atoms with Crippen molar-refractivity contribution in [3.8, 4) is 5.69 Å². The zero-order valence-corrected chi connectivity index (χ0v) is 12.1. The van der Waals surface area contributed by atoms with E-state index in [0.717, 1.165) is 34.9 Å². The molecule has 108 valence electrons. The van der Waals surface area contributed by atoms with E-state index in [0.29, 0.717) is 6.54 Å². The number of nitrogens with one attached hydrogen (secondary N) is 1. The van der Waals surface area contributed by atoms with Crippen molar-refractivity contribution >= 4 is 5.69 Å². The summed E-state index contributed by atoms with van der Waals surface area (Å²) in [5.74, 6) is 1.93. The van der Waals surface area contributed by atoms with Crippen molar-refractivity contribution in [1.29, 1.82) is 0 Å². The van der Waals surface area contributed by atoms with Crippen LogP contribution >= 0.6 is 0 Å². The van der Waals surface area contributed by atoms with Gasteiger partial charge in [0.05, 0.1) is 12.2 Å². The molecule has 0 bridgehead atoms. The molecule has 0 spiro atoms. The lowest BCUT2D eigenvalue weighted by Crippen LogP contribution is -2.02. The van der Waals surface area contributed by atoms with Crippen LogP contribution in [0.5, 0.6) is 0 Å². The Bertz CT molecular complexity index is 718. The van der Waals surface area contributed by atoms with Crippen molar-refractivity contribution in [2.75, 3.05) is 5.32 Å². The van der Waals surface area contributed by atoms with Crippen LogP contribution in [0.25, 0.3) is 5.69 Å². The first-order chi connectivity index (χ1) is 10.3. The average Bonchev–Trinajstić information content (AvgIpc) is 3.18. The van der Waals surface area contributed by atoms with Gasteiger partial charge in [-0.1, -0.05) is 13.0 Å². The van der Waals surface area contributed by atoms with Gasteiger partial charge in [0.1, 0.15) is 17.8 Å². The summed E-state index contributed by atoms with van der Waals surface area (Å²) >= 11 is 0. The fourth-order valence-electron chi connectivity index (χ4n) is 2.13. The number of nitrogens with zero attached hydrogens (tertiary/aromatic N) is 4. The van der Waals surface area contributed by atoms with E-state index in [4.69, 9.17) is 4.42 Å². The Balaban J connectivity index is 1.75. The second-order valence-corrected chi connectivity index (χ2v) is 4.83. The SMILES string of the molecule is CCc1ccc(CNc2ccc(C)c(-n3cnnn3)c2)o1. The number of aromatic nitrogens is 4. The van der Waals surface area contributed by atoms with E-state index in [1.165, 1.54) is 0 Å². The molecule has 0 unspecified atom stereocenters. The molecule has 3 rings (SSSR count). The smallest absolute Gasteiger partial charge is 0.143 e. The first-order valence-electron chi connectivity index (χ1n) is 6.91. The molecule has 21 heavy (non-hydrogen) atoms. The summed E-state index contributed by atoms with van der Waals surface area (Å²) in [6, 6.07) is 10.1. The van der Waals surface area contributed by atoms with E-state index >= 15 is 0 Å². The lowest BCUT2D eigenvalue weighted by molar-refractivity contribution is 0.476. The van der Waals surface area contributed by atoms with Crippen LogP contribution in [0.15, 0.2) is 41.1 Å². The van der Waals surface area contributed by atoms with Crippen LogP contribution in [0.1, 0.15) is 24.0 Å². The zero-order valence-electron chi connectivity index (χ0n) is 12.1. The van der Waals surface area contributed by atoms with E-state index in [9.17, 15) is 0 Å². The van der Waals surface area contributed by atoms with Crippen molar-refractivity contribution in [2.24, 2.45) is 0 Å². The van der Waals surface area contributed by atoms with Gasteiger partial charge in [-0.2, -0.15) is 0 Å². The van der Waals surface area contributed by atoms with Crippen molar-refractivity contribution in [3.05, 3.63) is 53.7 Å². The topological polar surface area (TPSA) is 68.8 Å². The van der Waals surface area contributed by atoms with Crippen LogP contribution in [0.3, 0.4) is 0 Å². The third-order valence-corrected chi connectivity index (χ3v) is 3.34. The van der Waals surface area contributed by atoms with Gasteiger partial charge in [0.25, 0.3) is 0 Å². The molecule has 6 nitrogen and oxygen atoms in total. The lowest BCUT2D eigenvalue weighted by Gasteiger charge is -2.09. The maximum absolute atomic E-state index is 5.68. The summed E-state index contributed by atoms with van der Waals surface area (Å²) in [7, 11) is 0. The van der Waals surface area contributed by atoms with Gasteiger partial charge in [-0.3, -0.25) is 0 Å². The number of anilines is 1. The first kappa shape index (κ1) is 13.4. The Labute approximate surface area is 122 Å². The van der Waals surface area contributed by atoms with Gasteiger partial charge in [0.2, 0.25) is 0 Å². The minimum Gasteiger partial charge on any atom is -0.464 e. The summed E-state index contributed by atoms with van der Waals surface area (Å²) in [5.41, 5.74) is 3.07. The molecule has 1 N–H and O–H groups in total. The molecule has 0 radical (unpaired) electrons. The number of tetrazole rings is 1. The van der Waals surface area contributed by atoms with Gasteiger partial charge in [0.15, 0.2) is 0 Å². The highest BCUT2D eigenvalue weighted by molar-refractivity contribution is 5.54. The number of furan rings is 1. The molecule has 0 aliphatic heterocycles. The molecular formula is C15H17N5O. The predicted octanol–water partition coefficient (Wildman–Crippen LogP) is 2.74. The maximum atomic E-state index is 5.68. The minimum atomic E-state index is 0.651. The van der Waals surface area contributed by atoms with Crippen molar-refractivity contribution in [2.45, 2.75) is 26.8 Å². The van der Waals surface area contributed by atoms with E-state index in [1.807, 2.05) is 37.3 Å². The summed E-state index contributed by atoms with van der Waals surface area (Å²) < 4.78 is 7.34. The minimum absolute atomic E-state index is 0.651. The predicted molar refractivity (Wildman–Crippen MR) is 79.3 cm³/mol. The fourth-order valence-corrected chi connectivity index (χ4v) is 2.13. The van der Waals surface area contributed by atoms with Crippen LogP contribution in [0.4, 0.5) is 5.69 Å². The molecule has 2 aromatic heterocycles. The number of hydrogen-bond donors (Lipinski definition) is 1. The van der Waals surface area contributed by atoms with Crippen LogP contribution in [0, 0.1) is 6.92 Å². The molecule has 2 heterocycles. The van der Waals surface area contributed by atoms with Gasteiger partial charge < -0.3 is 9.73 Å². The Morgan fingerprint density at radius 3 is 2.76 bits per heavy atom. The van der Waals surface area contributed by atoms with E-state index in [2.05, 4.69) is 27.8 Å². The number of hydrogen-bond acceptors (Lipinski definition) is 5. The summed E-state index contributed by atoms with van der Waals surface area (Å²) in [5, 5.41) is 14.6. The first-order valence-corrected chi connectivity index (χ1v) is 6.91. The second kappa shape index (κ2) is 5.78. The van der Waals surface area contributed by atoms with Gasteiger partial charge in [-0.15, -0.1) is 5.10 Å². The highest BCUT2D eigenvalue weighted by Crippen LogP contribution is 2.19. The number of rotatable bonds is 5. The molecule has 0 aliphatic rings. The molecule has 0 amide bonds. The normalized spacial score (nSPS) is 10.8. The molecule has 0 fully saturated rings. The lowest BCUT2D eigenvalue weighted by atomic mass is 10.2. The second-order valence-electron chi connectivity index (χ2n) is 4.83. The molecule has 0 saturated carbocycles. The van der Waals surface area contributed by atoms with Crippen LogP contribution in [0.2, 0.25) is 0 Å². The van der Waals surface area contributed by atoms with Gasteiger partial charge in [-0.25, -0.2) is 4.68 Å². The largest absolute Gasteiger partial charge is 0.464 e. The third kappa shape index (κ3) is 2.94. The Morgan fingerprint density at radius 1 is 1.19 bits per heavy atom. The van der Waals surface area contributed by atoms with Crippen molar-refractivity contribution in [1.82, 2.24) is 20.2 Å². The average molecular weight is 283 g/mol. The Hall–Kier alpha value is -2.63. The Kier molecular flexibility index (Phi) is 3.68. The number of benzene rings is 1. The van der Waals surface area contributed by atoms with Crippen LogP contribution < -0.4 is 5.32 Å². The third-order valence-electron chi connectivity index (χ3n) is 3.34. The highest BCUT2D eigenvalue weighted by Gasteiger charge is 2.05. The van der Waals surface area contributed by atoms with Crippen molar-refractivity contribution < 1.29 is 4.42 Å². The van der Waals surface area contributed by atoms with Gasteiger partial charge >= 0.3 is 0 Å². The maximum Gasteiger partial charge on any atom is 0.143 e. The summed E-state index contributed by atoms with van der Waals surface area (Å²) in [4.78, 5) is 0. The van der Waals surface area contributed by atoms with Crippen molar-refractivity contribution in [3.63, 3.8) is 0 Å². The zero-order chi connectivity index (χ0) is 14.7. The summed E-state index contributed by atoms with van der Waals surface area (Å²) in [6.07, 6.45) is 2.50. The molecule has 6 heteroatoms.